The van der Waals surface area contributed by atoms with Crippen molar-refractivity contribution < 1.29 is 22.3 Å². The third-order valence-corrected chi connectivity index (χ3v) is 4.24. The SMILES string of the molecule is CCCCc1ccc(C#Cc2ccc3cc(OC(F)(F)F)ccc3c2)c(F)c1. The summed E-state index contributed by atoms with van der Waals surface area (Å²) in [4.78, 5) is 0. The Kier molecular flexibility index (Phi) is 5.89. The van der Waals surface area contributed by atoms with Gasteiger partial charge in [0.05, 0.1) is 5.56 Å². The second-order valence-electron chi connectivity index (χ2n) is 6.44. The Labute approximate surface area is 160 Å². The zero-order valence-electron chi connectivity index (χ0n) is 15.2. The van der Waals surface area contributed by atoms with Gasteiger partial charge in [-0.1, -0.05) is 43.4 Å². The maximum atomic E-state index is 14.2. The van der Waals surface area contributed by atoms with Crippen molar-refractivity contribution in [3.63, 3.8) is 0 Å². The second kappa shape index (κ2) is 8.35. The standard InChI is InChI=1S/C23H18F4O/c1-2-3-4-16-5-8-18(22(24)14-16)9-6-17-7-10-20-15-21(28-23(25,26)27)12-11-19(20)13-17/h5,7-8,10-15H,2-4H2,1H3. The Morgan fingerprint density at radius 1 is 0.893 bits per heavy atom. The molecule has 0 amide bonds. The Balaban J connectivity index is 1.81. The summed E-state index contributed by atoms with van der Waals surface area (Å²) in [6.07, 6.45) is -1.83. The van der Waals surface area contributed by atoms with Crippen molar-refractivity contribution in [3.05, 3.63) is 77.1 Å². The summed E-state index contributed by atoms with van der Waals surface area (Å²) in [5.41, 5.74) is 1.91. The van der Waals surface area contributed by atoms with Crippen LogP contribution >= 0.6 is 0 Å². The molecule has 0 aliphatic rings. The van der Waals surface area contributed by atoms with E-state index in [-0.39, 0.29) is 11.6 Å². The smallest absolute Gasteiger partial charge is 0.406 e. The van der Waals surface area contributed by atoms with Crippen molar-refractivity contribution in [2.24, 2.45) is 0 Å². The molecule has 0 saturated carbocycles. The van der Waals surface area contributed by atoms with Gasteiger partial charge in [-0.15, -0.1) is 13.2 Å². The molecule has 0 atom stereocenters. The minimum atomic E-state index is -4.73. The molecule has 0 N–H and O–H groups in total. The quantitative estimate of drug-likeness (QED) is 0.362. The number of rotatable bonds is 4. The zero-order chi connectivity index (χ0) is 20.1. The molecule has 5 heteroatoms. The van der Waals surface area contributed by atoms with Crippen LogP contribution < -0.4 is 4.74 Å². The van der Waals surface area contributed by atoms with Crippen LogP contribution in [0.5, 0.6) is 5.75 Å². The summed E-state index contributed by atoms with van der Waals surface area (Å²) in [5, 5.41) is 1.32. The molecule has 144 valence electrons. The van der Waals surface area contributed by atoms with Crippen LogP contribution in [0.25, 0.3) is 10.8 Å². The van der Waals surface area contributed by atoms with E-state index in [1.165, 1.54) is 24.3 Å². The molecule has 1 nitrogen and oxygen atoms in total. The molecule has 28 heavy (non-hydrogen) atoms. The molecule has 3 rings (SSSR count). The van der Waals surface area contributed by atoms with Gasteiger partial charge >= 0.3 is 6.36 Å². The third kappa shape index (κ3) is 5.26. The number of aryl methyl sites for hydroxylation is 1. The van der Waals surface area contributed by atoms with E-state index in [9.17, 15) is 17.6 Å². The van der Waals surface area contributed by atoms with Crippen molar-refractivity contribution in [2.75, 3.05) is 0 Å². The minimum Gasteiger partial charge on any atom is -0.406 e. The van der Waals surface area contributed by atoms with E-state index in [1.807, 2.05) is 6.07 Å². The van der Waals surface area contributed by atoms with Crippen molar-refractivity contribution in [3.8, 4) is 17.6 Å². The molecular weight excluding hydrogens is 368 g/mol. The van der Waals surface area contributed by atoms with Gasteiger partial charge in [0.15, 0.2) is 0 Å². The van der Waals surface area contributed by atoms with Gasteiger partial charge < -0.3 is 4.74 Å². The molecule has 0 aliphatic carbocycles. The monoisotopic (exact) mass is 386 g/mol. The van der Waals surface area contributed by atoms with E-state index >= 15 is 0 Å². The van der Waals surface area contributed by atoms with E-state index in [2.05, 4.69) is 23.5 Å². The Morgan fingerprint density at radius 3 is 2.36 bits per heavy atom. The zero-order valence-corrected chi connectivity index (χ0v) is 15.2. The van der Waals surface area contributed by atoms with Gasteiger partial charge in [0, 0.05) is 5.56 Å². The summed E-state index contributed by atoms with van der Waals surface area (Å²) in [5.74, 6) is 5.10. The van der Waals surface area contributed by atoms with Crippen LogP contribution in [0.3, 0.4) is 0 Å². The highest BCUT2D eigenvalue weighted by molar-refractivity contribution is 5.85. The van der Waals surface area contributed by atoms with Crippen molar-refractivity contribution >= 4 is 10.8 Å². The highest BCUT2D eigenvalue weighted by Gasteiger charge is 2.31. The molecule has 0 bridgehead atoms. The highest BCUT2D eigenvalue weighted by Crippen LogP contribution is 2.27. The topological polar surface area (TPSA) is 9.23 Å². The fourth-order valence-electron chi connectivity index (χ4n) is 2.83. The summed E-state index contributed by atoms with van der Waals surface area (Å²) in [6, 6.07) is 14.3. The first-order valence-corrected chi connectivity index (χ1v) is 8.94. The van der Waals surface area contributed by atoms with Gasteiger partial charge in [0.2, 0.25) is 0 Å². The molecule has 0 unspecified atom stereocenters. The molecular formula is C23H18F4O. The first-order chi connectivity index (χ1) is 13.3. The summed E-state index contributed by atoms with van der Waals surface area (Å²) < 4.78 is 55.1. The average molecular weight is 386 g/mol. The van der Waals surface area contributed by atoms with Gasteiger partial charge in [0.1, 0.15) is 11.6 Å². The van der Waals surface area contributed by atoms with E-state index in [0.29, 0.717) is 16.5 Å². The Morgan fingerprint density at radius 2 is 1.64 bits per heavy atom. The van der Waals surface area contributed by atoms with Crippen molar-refractivity contribution in [1.29, 1.82) is 0 Å². The van der Waals surface area contributed by atoms with Crippen LogP contribution in [-0.4, -0.2) is 6.36 Å². The number of hydrogen-bond donors (Lipinski definition) is 0. The maximum Gasteiger partial charge on any atom is 0.573 e. The number of unbranched alkanes of at least 4 members (excludes halogenated alkanes) is 1. The summed E-state index contributed by atoms with van der Waals surface area (Å²) in [6.45, 7) is 2.09. The van der Waals surface area contributed by atoms with Crippen LogP contribution in [0.2, 0.25) is 0 Å². The normalized spacial score (nSPS) is 11.2. The number of ether oxygens (including phenoxy) is 1. The van der Waals surface area contributed by atoms with Gasteiger partial charge in [-0.3, -0.25) is 0 Å². The van der Waals surface area contributed by atoms with E-state index in [1.54, 1.807) is 24.3 Å². The highest BCUT2D eigenvalue weighted by atomic mass is 19.4. The number of fused-ring (bicyclic) bond motifs is 1. The number of alkyl halides is 3. The van der Waals surface area contributed by atoms with Crippen LogP contribution in [0.1, 0.15) is 36.5 Å². The molecule has 0 saturated heterocycles. The van der Waals surface area contributed by atoms with Crippen LogP contribution in [-0.2, 0) is 6.42 Å². The van der Waals surface area contributed by atoms with Gasteiger partial charge in [-0.25, -0.2) is 4.39 Å². The average Bonchev–Trinajstić information content (AvgIpc) is 2.64. The molecule has 3 aromatic carbocycles. The number of benzene rings is 3. The molecule has 0 aliphatic heterocycles. The van der Waals surface area contributed by atoms with E-state index < -0.39 is 6.36 Å². The lowest BCUT2D eigenvalue weighted by atomic mass is 10.0. The summed E-state index contributed by atoms with van der Waals surface area (Å²) >= 11 is 0. The number of hydrogen-bond acceptors (Lipinski definition) is 1. The predicted molar refractivity (Wildman–Crippen MR) is 102 cm³/mol. The Bertz CT molecular complexity index is 1040. The Hall–Kier alpha value is -3.00. The molecule has 3 aromatic rings. The third-order valence-electron chi connectivity index (χ3n) is 4.24. The molecule has 0 spiro atoms. The largest absolute Gasteiger partial charge is 0.573 e. The predicted octanol–water partition coefficient (Wildman–Crippen LogP) is 6.62. The van der Waals surface area contributed by atoms with E-state index in [0.717, 1.165) is 30.2 Å². The van der Waals surface area contributed by atoms with Crippen LogP contribution in [0, 0.1) is 17.7 Å². The van der Waals surface area contributed by atoms with Crippen molar-refractivity contribution in [1.82, 2.24) is 0 Å². The van der Waals surface area contributed by atoms with E-state index in [4.69, 9.17) is 0 Å². The lowest BCUT2D eigenvalue weighted by Gasteiger charge is -2.09. The molecule has 0 aromatic heterocycles. The second-order valence-corrected chi connectivity index (χ2v) is 6.44. The lowest BCUT2D eigenvalue weighted by Crippen LogP contribution is -2.16. The van der Waals surface area contributed by atoms with Crippen LogP contribution in [0.4, 0.5) is 17.6 Å². The molecule has 0 radical (unpaired) electrons. The van der Waals surface area contributed by atoms with Crippen LogP contribution in [0.15, 0.2) is 54.6 Å². The fraction of sp³-hybridized carbons (Fsp3) is 0.217. The first-order valence-electron chi connectivity index (χ1n) is 8.94. The lowest BCUT2D eigenvalue weighted by molar-refractivity contribution is -0.274. The van der Waals surface area contributed by atoms with Gasteiger partial charge in [-0.05, 0) is 65.6 Å². The van der Waals surface area contributed by atoms with Crippen molar-refractivity contribution in [2.45, 2.75) is 32.5 Å². The number of halogens is 4. The fourth-order valence-corrected chi connectivity index (χ4v) is 2.83. The first kappa shape index (κ1) is 19.8. The maximum absolute atomic E-state index is 14.2. The minimum absolute atomic E-state index is 0.274. The summed E-state index contributed by atoms with van der Waals surface area (Å²) in [7, 11) is 0. The van der Waals surface area contributed by atoms with Gasteiger partial charge in [-0.2, -0.15) is 0 Å². The molecule has 0 heterocycles. The molecule has 0 fully saturated rings. The van der Waals surface area contributed by atoms with Gasteiger partial charge in [0.25, 0.3) is 0 Å².